The van der Waals surface area contributed by atoms with Crippen molar-refractivity contribution in [1.82, 2.24) is 0 Å². The first kappa shape index (κ1) is 10.6. The van der Waals surface area contributed by atoms with Crippen LogP contribution in [-0.2, 0) is 0 Å². The van der Waals surface area contributed by atoms with Gasteiger partial charge in [0.15, 0.2) is 5.78 Å². The molecule has 1 atom stereocenters. The van der Waals surface area contributed by atoms with E-state index < -0.39 is 0 Å². The van der Waals surface area contributed by atoms with Gasteiger partial charge in [-0.2, -0.15) is 11.8 Å². The zero-order chi connectivity index (χ0) is 10.7. The highest BCUT2D eigenvalue weighted by atomic mass is 32.2. The number of thioether (sulfide) groups is 1. The normalized spacial score (nSPS) is 20.2. The number of carbonyl (C=O) groups excluding carboxylic acids is 1. The maximum Gasteiger partial charge on any atom is 0.175 e. The van der Waals surface area contributed by atoms with Gasteiger partial charge in [-0.25, -0.2) is 0 Å². The molecule has 1 aliphatic heterocycles. The van der Waals surface area contributed by atoms with Gasteiger partial charge in [-0.3, -0.25) is 4.79 Å². The van der Waals surface area contributed by atoms with E-state index in [1.807, 2.05) is 24.3 Å². The van der Waals surface area contributed by atoms with Crippen LogP contribution in [0.3, 0.4) is 0 Å². The summed E-state index contributed by atoms with van der Waals surface area (Å²) in [5.74, 6) is 2.18. The molecule has 15 heavy (non-hydrogen) atoms. The summed E-state index contributed by atoms with van der Waals surface area (Å²) in [7, 11) is 1.63. The van der Waals surface area contributed by atoms with Gasteiger partial charge in [-0.15, -0.1) is 0 Å². The fourth-order valence-corrected chi connectivity index (χ4v) is 2.96. The molecule has 1 heterocycles. The lowest BCUT2D eigenvalue weighted by Gasteiger charge is -2.07. The van der Waals surface area contributed by atoms with Gasteiger partial charge in [0.1, 0.15) is 5.75 Å². The number of Topliss-reactive ketones (excluding diaryl/α,β-unsaturated/α-hetero) is 1. The van der Waals surface area contributed by atoms with Crippen LogP contribution in [0.4, 0.5) is 0 Å². The first-order chi connectivity index (χ1) is 7.31. The molecule has 2 nitrogen and oxygen atoms in total. The lowest BCUT2D eigenvalue weighted by atomic mass is 10.1. The molecule has 80 valence electrons. The molecular formula is C12H14O2S. The van der Waals surface area contributed by atoms with E-state index in [-0.39, 0.29) is 11.0 Å². The van der Waals surface area contributed by atoms with Crippen LogP contribution in [0.5, 0.6) is 5.75 Å². The number of ketones is 1. The Morgan fingerprint density at radius 2 is 2.13 bits per heavy atom. The zero-order valence-electron chi connectivity index (χ0n) is 8.73. The highest BCUT2D eigenvalue weighted by Crippen LogP contribution is 2.29. The van der Waals surface area contributed by atoms with E-state index in [1.165, 1.54) is 0 Å². The Balaban J connectivity index is 2.11. The molecule has 0 saturated carbocycles. The maximum absolute atomic E-state index is 12.0. The predicted molar refractivity (Wildman–Crippen MR) is 62.8 cm³/mol. The second-order valence-corrected chi connectivity index (χ2v) is 4.91. The Morgan fingerprint density at radius 3 is 2.67 bits per heavy atom. The fraction of sp³-hybridized carbons (Fsp3) is 0.417. The summed E-state index contributed by atoms with van der Waals surface area (Å²) >= 11 is 1.77. The zero-order valence-corrected chi connectivity index (χ0v) is 9.55. The summed E-state index contributed by atoms with van der Waals surface area (Å²) in [6, 6.07) is 7.37. The van der Waals surface area contributed by atoms with E-state index in [2.05, 4.69) is 0 Å². The molecule has 1 unspecified atom stereocenters. The van der Waals surface area contributed by atoms with Crippen LogP contribution in [0.1, 0.15) is 23.2 Å². The van der Waals surface area contributed by atoms with E-state index >= 15 is 0 Å². The number of hydrogen-bond acceptors (Lipinski definition) is 3. The van der Waals surface area contributed by atoms with E-state index in [1.54, 1.807) is 18.9 Å². The van der Waals surface area contributed by atoms with Crippen LogP contribution >= 0.6 is 11.8 Å². The summed E-state index contributed by atoms with van der Waals surface area (Å²) in [5.41, 5.74) is 0.801. The Labute approximate surface area is 94.0 Å². The van der Waals surface area contributed by atoms with Crippen molar-refractivity contribution >= 4 is 17.5 Å². The Kier molecular flexibility index (Phi) is 3.31. The average molecular weight is 222 g/mol. The number of carbonyl (C=O) groups is 1. The standard InChI is InChI=1S/C12H14O2S/c1-14-10-6-4-9(5-7-10)12(13)11-3-2-8-15-11/h4-7,11H,2-3,8H2,1H3. The minimum atomic E-state index is 0.179. The van der Waals surface area contributed by atoms with Crippen LogP contribution in [0.2, 0.25) is 0 Å². The highest BCUT2D eigenvalue weighted by molar-refractivity contribution is 8.00. The van der Waals surface area contributed by atoms with E-state index in [0.717, 1.165) is 29.9 Å². The van der Waals surface area contributed by atoms with E-state index in [9.17, 15) is 4.79 Å². The quantitative estimate of drug-likeness (QED) is 0.736. The Morgan fingerprint density at radius 1 is 1.40 bits per heavy atom. The highest BCUT2D eigenvalue weighted by Gasteiger charge is 2.24. The lowest BCUT2D eigenvalue weighted by Crippen LogP contribution is -2.13. The van der Waals surface area contributed by atoms with Gasteiger partial charge < -0.3 is 4.74 Å². The molecule has 0 aromatic heterocycles. The van der Waals surface area contributed by atoms with Crippen molar-refractivity contribution in [3.8, 4) is 5.75 Å². The number of rotatable bonds is 3. The van der Waals surface area contributed by atoms with Crippen LogP contribution in [0.15, 0.2) is 24.3 Å². The molecule has 0 amide bonds. The van der Waals surface area contributed by atoms with Crippen LogP contribution in [-0.4, -0.2) is 23.9 Å². The summed E-state index contributed by atoms with van der Waals surface area (Å²) in [6.45, 7) is 0. The van der Waals surface area contributed by atoms with Gasteiger partial charge in [-0.05, 0) is 42.9 Å². The number of ether oxygens (including phenoxy) is 1. The van der Waals surface area contributed by atoms with Crippen molar-refractivity contribution in [3.63, 3.8) is 0 Å². The maximum atomic E-state index is 12.0. The monoisotopic (exact) mass is 222 g/mol. The third-order valence-electron chi connectivity index (χ3n) is 2.60. The molecule has 0 N–H and O–H groups in total. The minimum absolute atomic E-state index is 0.179. The van der Waals surface area contributed by atoms with Crippen molar-refractivity contribution in [2.75, 3.05) is 12.9 Å². The largest absolute Gasteiger partial charge is 0.497 e. The molecular weight excluding hydrogens is 208 g/mol. The second-order valence-electron chi connectivity index (χ2n) is 3.59. The van der Waals surface area contributed by atoms with Crippen molar-refractivity contribution in [2.24, 2.45) is 0 Å². The number of hydrogen-bond donors (Lipinski definition) is 0. The molecule has 1 aromatic carbocycles. The molecule has 1 aromatic rings. The molecule has 0 spiro atoms. The molecule has 1 saturated heterocycles. The summed E-state index contributed by atoms with van der Waals surface area (Å²) < 4.78 is 5.06. The molecule has 1 aliphatic rings. The minimum Gasteiger partial charge on any atom is -0.497 e. The third kappa shape index (κ3) is 2.34. The molecule has 1 fully saturated rings. The summed E-state index contributed by atoms with van der Waals surface area (Å²) in [4.78, 5) is 12.0. The van der Waals surface area contributed by atoms with Crippen molar-refractivity contribution in [3.05, 3.63) is 29.8 Å². The predicted octanol–water partition coefficient (Wildman–Crippen LogP) is 2.77. The lowest BCUT2D eigenvalue weighted by molar-refractivity contribution is 0.0988. The van der Waals surface area contributed by atoms with Gasteiger partial charge in [0, 0.05) is 5.56 Å². The summed E-state index contributed by atoms with van der Waals surface area (Å²) in [5, 5.41) is 0.179. The molecule has 0 bridgehead atoms. The second kappa shape index (κ2) is 4.71. The van der Waals surface area contributed by atoms with E-state index in [0.29, 0.717) is 0 Å². The fourth-order valence-electron chi connectivity index (χ4n) is 1.73. The number of benzene rings is 1. The van der Waals surface area contributed by atoms with Crippen molar-refractivity contribution in [2.45, 2.75) is 18.1 Å². The first-order valence-electron chi connectivity index (χ1n) is 5.11. The van der Waals surface area contributed by atoms with Crippen molar-refractivity contribution in [1.29, 1.82) is 0 Å². The Hall–Kier alpha value is -0.960. The number of methoxy groups -OCH3 is 1. The molecule has 3 heteroatoms. The van der Waals surface area contributed by atoms with Crippen LogP contribution in [0, 0.1) is 0 Å². The first-order valence-corrected chi connectivity index (χ1v) is 6.16. The van der Waals surface area contributed by atoms with Gasteiger partial charge in [0.2, 0.25) is 0 Å². The Bertz CT molecular complexity index is 339. The topological polar surface area (TPSA) is 26.3 Å². The van der Waals surface area contributed by atoms with E-state index in [4.69, 9.17) is 4.74 Å². The smallest absolute Gasteiger partial charge is 0.175 e. The summed E-state index contributed by atoms with van der Waals surface area (Å²) in [6.07, 6.45) is 2.19. The van der Waals surface area contributed by atoms with Gasteiger partial charge in [0.05, 0.1) is 12.4 Å². The van der Waals surface area contributed by atoms with Gasteiger partial charge in [0.25, 0.3) is 0 Å². The molecule has 2 rings (SSSR count). The van der Waals surface area contributed by atoms with Crippen LogP contribution < -0.4 is 4.74 Å². The van der Waals surface area contributed by atoms with Gasteiger partial charge in [-0.1, -0.05) is 0 Å². The van der Waals surface area contributed by atoms with Crippen molar-refractivity contribution < 1.29 is 9.53 Å². The SMILES string of the molecule is COc1ccc(C(=O)C2CCCS2)cc1. The van der Waals surface area contributed by atoms with Crippen LogP contribution in [0.25, 0.3) is 0 Å². The average Bonchev–Trinajstić information content (AvgIpc) is 2.82. The third-order valence-corrected chi connectivity index (χ3v) is 3.97. The van der Waals surface area contributed by atoms with Gasteiger partial charge >= 0.3 is 0 Å². The molecule has 0 radical (unpaired) electrons. The molecule has 0 aliphatic carbocycles.